The largest absolute Gasteiger partial charge is 0.378 e. The predicted octanol–water partition coefficient (Wildman–Crippen LogP) is 4.61. The summed E-state index contributed by atoms with van der Waals surface area (Å²) in [6.45, 7) is 4.81. The van der Waals surface area contributed by atoms with E-state index in [1.807, 2.05) is 19.9 Å². The second-order valence-electron chi connectivity index (χ2n) is 7.39. The van der Waals surface area contributed by atoms with Gasteiger partial charge in [0, 0.05) is 18.0 Å². The Bertz CT molecular complexity index is 974. The number of carbonyl (C=O) groups excluding carboxylic acids is 1. The minimum absolute atomic E-state index is 0.0638. The second kappa shape index (κ2) is 8.01. The highest BCUT2D eigenvalue weighted by Crippen LogP contribution is 2.30. The normalized spacial score (nSPS) is 17.9. The first kappa shape index (κ1) is 19.1. The van der Waals surface area contributed by atoms with Crippen molar-refractivity contribution >= 4 is 27.5 Å². The molecule has 0 aliphatic carbocycles. The first-order valence-electron chi connectivity index (χ1n) is 9.69. The van der Waals surface area contributed by atoms with Gasteiger partial charge >= 0.3 is 0 Å². The number of halogens is 1. The van der Waals surface area contributed by atoms with Crippen molar-refractivity contribution < 1.29 is 13.9 Å². The molecule has 1 amide bonds. The Labute approximate surface area is 167 Å². The Morgan fingerprint density at radius 3 is 2.93 bits per heavy atom. The van der Waals surface area contributed by atoms with Crippen LogP contribution in [0, 0.1) is 12.7 Å². The van der Waals surface area contributed by atoms with Crippen LogP contribution in [0.15, 0.2) is 30.3 Å². The maximum absolute atomic E-state index is 13.2. The summed E-state index contributed by atoms with van der Waals surface area (Å²) >= 11 is 1.41. The van der Waals surface area contributed by atoms with E-state index in [4.69, 9.17) is 4.74 Å². The maximum Gasteiger partial charge on any atom is 0.261 e. The number of benzene rings is 1. The first-order valence-corrected chi connectivity index (χ1v) is 10.5. The van der Waals surface area contributed by atoms with E-state index in [0.717, 1.165) is 53.9 Å². The van der Waals surface area contributed by atoms with Crippen LogP contribution in [0.4, 0.5) is 4.39 Å². The van der Waals surface area contributed by atoms with Gasteiger partial charge in [-0.2, -0.15) is 5.10 Å². The number of aromatic nitrogens is 2. The van der Waals surface area contributed by atoms with Gasteiger partial charge in [0.2, 0.25) is 0 Å². The van der Waals surface area contributed by atoms with Crippen LogP contribution >= 0.6 is 11.3 Å². The van der Waals surface area contributed by atoms with Crippen LogP contribution in [0.1, 0.15) is 48.0 Å². The molecule has 1 saturated heterocycles. The third kappa shape index (κ3) is 3.95. The molecule has 2 atom stereocenters. The lowest BCUT2D eigenvalue weighted by atomic mass is 10.1. The number of nitrogens with zero attached hydrogens (tertiary/aromatic N) is 2. The molecule has 0 bridgehead atoms. The molecule has 0 saturated carbocycles. The van der Waals surface area contributed by atoms with Crippen molar-refractivity contribution in [2.24, 2.45) is 0 Å². The Balaban J connectivity index is 1.48. The van der Waals surface area contributed by atoms with Gasteiger partial charge in [-0.3, -0.25) is 4.79 Å². The van der Waals surface area contributed by atoms with Crippen molar-refractivity contribution in [1.82, 2.24) is 15.1 Å². The standard InChI is InChI=1S/C21H24FN3O2S/c1-13(5-10-17-4-3-11-27-17)23-20(26)19-12-18-14(2)24-25(21(18)28-19)16-8-6-15(22)7-9-16/h6-9,12-13,17H,3-5,10-11H2,1-2H3,(H,23,26). The Hall–Kier alpha value is -2.25. The van der Waals surface area contributed by atoms with Gasteiger partial charge < -0.3 is 10.1 Å². The summed E-state index contributed by atoms with van der Waals surface area (Å²) in [4.78, 5) is 14.3. The molecule has 7 heteroatoms. The highest BCUT2D eigenvalue weighted by atomic mass is 32.1. The van der Waals surface area contributed by atoms with Crippen LogP contribution in [0.2, 0.25) is 0 Å². The highest BCUT2D eigenvalue weighted by molar-refractivity contribution is 7.20. The SMILES string of the molecule is Cc1nn(-c2ccc(F)cc2)c2sc(C(=O)NC(C)CCC3CCCO3)cc12. The molecule has 0 radical (unpaired) electrons. The Morgan fingerprint density at radius 2 is 2.21 bits per heavy atom. The highest BCUT2D eigenvalue weighted by Gasteiger charge is 2.20. The average Bonchev–Trinajstić information content (AvgIpc) is 3.39. The molecule has 3 aromatic rings. The summed E-state index contributed by atoms with van der Waals surface area (Å²) in [6.07, 6.45) is 4.48. The zero-order valence-corrected chi connectivity index (χ0v) is 16.9. The van der Waals surface area contributed by atoms with E-state index in [-0.39, 0.29) is 17.8 Å². The minimum atomic E-state index is -0.285. The molecule has 1 aromatic carbocycles. The number of carbonyl (C=O) groups is 1. The molecule has 148 valence electrons. The molecule has 5 nitrogen and oxygen atoms in total. The van der Waals surface area contributed by atoms with E-state index in [9.17, 15) is 9.18 Å². The van der Waals surface area contributed by atoms with E-state index >= 15 is 0 Å². The average molecular weight is 402 g/mol. The second-order valence-corrected chi connectivity index (χ2v) is 8.42. The molecule has 2 unspecified atom stereocenters. The van der Waals surface area contributed by atoms with E-state index in [2.05, 4.69) is 10.4 Å². The number of ether oxygens (including phenoxy) is 1. The number of amides is 1. The van der Waals surface area contributed by atoms with Gasteiger partial charge in [-0.25, -0.2) is 9.07 Å². The van der Waals surface area contributed by atoms with Crippen LogP contribution in [-0.4, -0.2) is 34.4 Å². The summed E-state index contributed by atoms with van der Waals surface area (Å²) in [5.74, 6) is -0.349. The van der Waals surface area contributed by atoms with Crippen molar-refractivity contribution in [3.63, 3.8) is 0 Å². The van der Waals surface area contributed by atoms with Crippen molar-refractivity contribution in [1.29, 1.82) is 0 Å². The maximum atomic E-state index is 13.2. The summed E-state index contributed by atoms with van der Waals surface area (Å²) in [5, 5.41) is 8.59. The van der Waals surface area contributed by atoms with Gasteiger partial charge in [0.1, 0.15) is 10.6 Å². The summed E-state index contributed by atoms with van der Waals surface area (Å²) in [7, 11) is 0. The minimum Gasteiger partial charge on any atom is -0.378 e. The Kier molecular flexibility index (Phi) is 5.46. The molecule has 0 spiro atoms. The number of nitrogens with one attached hydrogen (secondary N) is 1. The van der Waals surface area contributed by atoms with Gasteiger partial charge in [0.05, 0.1) is 22.4 Å². The fraction of sp³-hybridized carbons (Fsp3) is 0.429. The number of fused-ring (bicyclic) bond motifs is 1. The monoisotopic (exact) mass is 401 g/mol. The van der Waals surface area contributed by atoms with Crippen molar-refractivity contribution in [2.45, 2.75) is 51.7 Å². The molecule has 2 aromatic heterocycles. The number of thiophene rings is 1. The molecule has 1 aliphatic heterocycles. The molecule has 4 rings (SSSR count). The van der Waals surface area contributed by atoms with Gasteiger partial charge in [0.15, 0.2) is 0 Å². The fourth-order valence-corrected chi connectivity index (χ4v) is 4.68. The van der Waals surface area contributed by atoms with Crippen LogP contribution in [-0.2, 0) is 4.74 Å². The van der Waals surface area contributed by atoms with Gasteiger partial charge in [-0.1, -0.05) is 0 Å². The molecule has 1 aliphatic rings. The summed E-state index contributed by atoms with van der Waals surface area (Å²) in [5.41, 5.74) is 1.62. The van der Waals surface area contributed by atoms with Crippen LogP contribution in [0.25, 0.3) is 15.9 Å². The predicted molar refractivity (Wildman–Crippen MR) is 109 cm³/mol. The van der Waals surface area contributed by atoms with E-state index in [1.165, 1.54) is 23.5 Å². The summed E-state index contributed by atoms with van der Waals surface area (Å²) < 4.78 is 20.7. The first-order chi connectivity index (χ1) is 13.5. The fourth-order valence-electron chi connectivity index (χ4n) is 3.59. The smallest absolute Gasteiger partial charge is 0.261 e. The lowest BCUT2D eigenvalue weighted by Crippen LogP contribution is -2.32. The topological polar surface area (TPSA) is 56.2 Å². The zero-order valence-electron chi connectivity index (χ0n) is 16.1. The molecule has 1 N–H and O–H groups in total. The number of hydrogen-bond donors (Lipinski definition) is 1. The van der Waals surface area contributed by atoms with Gasteiger partial charge in [0.25, 0.3) is 5.91 Å². The molecule has 1 fully saturated rings. The van der Waals surface area contributed by atoms with Crippen LogP contribution in [0.5, 0.6) is 0 Å². The van der Waals surface area contributed by atoms with E-state index in [1.54, 1.807) is 16.8 Å². The molecule has 28 heavy (non-hydrogen) atoms. The van der Waals surface area contributed by atoms with E-state index in [0.29, 0.717) is 11.0 Å². The molecule has 3 heterocycles. The number of rotatable bonds is 6. The molecular formula is C21H24FN3O2S. The van der Waals surface area contributed by atoms with Crippen molar-refractivity contribution in [3.8, 4) is 5.69 Å². The Morgan fingerprint density at radius 1 is 1.43 bits per heavy atom. The van der Waals surface area contributed by atoms with Crippen LogP contribution < -0.4 is 5.32 Å². The zero-order chi connectivity index (χ0) is 19.7. The third-order valence-electron chi connectivity index (χ3n) is 5.16. The summed E-state index contributed by atoms with van der Waals surface area (Å²) in [6, 6.07) is 8.19. The van der Waals surface area contributed by atoms with Crippen molar-refractivity contribution in [3.05, 3.63) is 46.7 Å². The lowest BCUT2D eigenvalue weighted by Gasteiger charge is -2.15. The quantitative estimate of drug-likeness (QED) is 0.656. The number of hydrogen-bond acceptors (Lipinski definition) is 4. The third-order valence-corrected chi connectivity index (χ3v) is 6.27. The van der Waals surface area contributed by atoms with Gasteiger partial charge in [-0.15, -0.1) is 11.3 Å². The van der Waals surface area contributed by atoms with Gasteiger partial charge in [-0.05, 0) is 69.9 Å². The molecular weight excluding hydrogens is 377 g/mol. The van der Waals surface area contributed by atoms with E-state index < -0.39 is 0 Å². The lowest BCUT2D eigenvalue weighted by molar-refractivity contribution is 0.0902. The number of aryl methyl sites for hydroxylation is 1. The van der Waals surface area contributed by atoms with Crippen molar-refractivity contribution in [2.75, 3.05) is 6.61 Å². The van der Waals surface area contributed by atoms with Crippen LogP contribution in [0.3, 0.4) is 0 Å².